The normalized spacial score (nSPS) is 9.64. The third-order valence-electron chi connectivity index (χ3n) is 1.54. The van der Waals surface area contributed by atoms with Gasteiger partial charge in [0.05, 0.1) is 6.20 Å². The molecule has 76 valence electrons. The van der Waals surface area contributed by atoms with Crippen molar-refractivity contribution in [3.63, 3.8) is 0 Å². The largest absolute Gasteiger partial charge is 0.482 e. The standard InChI is InChI=1S/C9H11BrN2O2/c1-12(2)9(13)6-14-8-3-7(10)4-11-5-8/h3-5H,6H2,1-2H3. The number of rotatable bonds is 3. The average Bonchev–Trinajstić information content (AvgIpc) is 2.14. The number of ether oxygens (including phenoxy) is 1. The molecule has 0 aliphatic heterocycles. The first kappa shape index (κ1) is 11.0. The topological polar surface area (TPSA) is 42.4 Å². The molecule has 14 heavy (non-hydrogen) atoms. The van der Waals surface area contributed by atoms with Crippen LogP contribution in [0.4, 0.5) is 0 Å². The molecule has 1 heterocycles. The van der Waals surface area contributed by atoms with Crippen LogP contribution in [0.1, 0.15) is 0 Å². The highest BCUT2D eigenvalue weighted by atomic mass is 79.9. The lowest BCUT2D eigenvalue weighted by atomic mass is 10.4. The molecule has 1 amide bonds. The van der Waals surface area contributed by atoms with E-state index < -0.39 is 0 Å². The van der Waals surface area contributed by atoms with E-state index >= 15 is 0 Å². The summed E-state index contributed by atoms with van der Waals surface area (Å²) in [5.41, 5.74) is 0. The maximum absolute atomic E-state index is 11.2. The van der Waals surface area contributed by atoms with Gasteiger partial charge < -0.3 is 9.64 Å². The minimum absolute atomic E-state index is 0.0329. The van der Waals surface area contributed by atoms with Gasteiger partial charge in [0, 0.05) is 24.8 Å². The van der Waals surface area contributed by atoms with E-state index in [2.05, 4.69) is 20.9 Å². The summed E-state index contributed by atoms with van der Waals surface area (Å²) in [5, 5.41) is 0. The van der Waals surface area contributed by atoms with Crippen LogP contribution in [0.2, 0.25) is 0 Å². The quantitative estimate of drug-likeness (QED) is 0.821. The lowest BCUT2D eigenvalue weighted by molar-refractivity contribution is -0.130. The van der Waals surface area contributed by atoms with Crippen LogP contribution in [-0.2, 0) is 4.79 Å². The Morgan fingerprint density at radius 2 is 2.29 bits per heavy atom. The van der Waals surface area contributed by atoms with Crippen LogP contribution < -0.4 is 4.74 Å². The van der Waals surface area contributed by atoms with Crippen LogP contribution in [0.5, 0.6) is 5.75 Å². The first-order chi connectivity index (χ1) is 6.59. The number of likely N-dealkylation sites (N-methyl/N-ethyl adjacent to an activating group) is 1. The van der Waals surface area contributed by atoms with Gasteiger partial charge in [0.1, 0.15) is 5.75 Å². The number of carbonyl (C=O) groups excluding carboxylic acids is 1. The van der Waals surface area contributed by atoms with Gasteiger partial charge in [-0.2, -0.15) is 0 Å². The smallest absolute Gasteiger partial charge is 0.259 e. The highest BCUT2D eigenvalue weighted by molar-refractivity contribution is 9.10. The summed E-state index contributed by atoms with van der Waals surface area (Å²) >= 11 is 3.26. The summed E-state index contributed by atoms with van der Waals surface area (Å²) < 4.78 is 6.05. The Hall–Kier alpha value is -1.10. The van der Waals surface area contributed by atoms with Crippen molar-refractivity contribution in [2.45, 2.75) is 0 Å². The third-order valence-corrected chi connectivity index (χ3v) is 1.97. The van der Waals surface area contributed by atoms with Crippen molar-refractivity contribution in [1.82, 2.24) is 9.88 Å². The maximum atomic E-state index is 11.2. The number of hydrogen-bond acceptors (Lipinski definition) is 3. The molecule has 0 N–H and O–H groups in total. The van der Waals surface area contributed by atoms with Crippen LogP contribution in [0.3, 0.4) is 0 Å². The van der Waals surface area contributed by atoms with Gasteiger partial charge in [0.25, 0.3) is 5.91 Å². The van der Waals surface area contributed by atoms with Crippen LogP contribution in [0.15, 0.2) is 22.9 Å². The molecule has 0 fully saturated rings. The molecular formula is C9H11BrN2O2. The van der Waals surface area contributed by atoms with Crippen molar-refractivity contribution < 1.29 is 9.53 Å². The van der Waals surface area contributed by atoms with Gasteiger partial charge in [0.15, 0.2) is 6.61 Å². The zero-order valence-electron chi connectivity index (χ0n) is 8.03. The molecule has 0 aromatic carbocycles. The lowest BCUT2D eigenvalue weighted by Crippen LogP contribution is -2.27. The Kier molecular flexibility index (Phi) is 3.88. The summed E-state index contributed by atoms with van der Waals surface area (Å²) in [7, 11) is 3.37. The van der Waals surface area contributed by atoms with Crippen LogP contribution in [0.25, 0.3) is 0 Å². The van der Waals surface area contributed by atoms with Gasteiger partial charge >= 0.3 is 0 Å². The van der Waals surface area contributed by atoms with Crippen LogP contribution in [0, 0.1) is 0 Å². The van der Waals surface area contributed by atoms with Gasteiger partial charge in [-0.15, -0.1) is 0 Å². The Morgan fingerprint density at radius 3 is 2.86 bits per heavy atom. The molecule has 0 spiro atoms. The molecule has 5 heteroatoms. The van der Waals surface area contributed by atoms with E-state index in [1.165, 1.54) is 4.90 Å². The Labute approximate surface area is 91.0 Å². The van der Waals surface area contributed by atoms with Gasteiger partial charge in [-0.1, -0.05) is 0 Å². The fraction of sp³-hybridized carbons (Fsp3) is 0.333. The van der Waals surface area contributed by atoms with Crippen molar-refractivity contribution in [3.8, 4) is 5.75 Å². The molecular weight excluding hydrogens is 248 g/mol. The summed E-state index contributed by atoms with van der Waals surface area (Å²) in [5.74, 6) is 0.500. The van der Waals surface area contributed by atoms with E-state index in [4.69, 9.17) is 4.74 Å². The summed E-state index contributed by atoms with van der Waals surface area (Å²) in [6.45, 7) is 0.0329. The van der Waals surface area contributed by atoms with Gasteiger partial charge in [-0.25, -0.2) is 0 Å². The number of nitrogens with zero attached hydrogens (tertiary/aromatic N) is 2. The Balaban J connectivity index is 2.50. The zero-order valence-corrected chi connectivity index (χ0v) is 9.61. The molecule has 4 nitrogen and oxygen atoms in total. The number of halogens is 1. The summed E-state index contributed by atoms with van der Waals surface area (Å²) in [6, 6.07) is 1.76. The number of carbonyl (C=O) groups is 1. The molecule has 1 aromatic heterocycles. The fourth-order valence-electron chi connectivity index (χ4n) is 0.745. The molecule has 1 rings (SSSR count). The lowest BCUT2D eigenvalue weighted by Gasteiger charge is -2.10. The van der Waals surface area contributed by atoms with E-state index in [-0.39, 0.29) is 12.5 Å². The van der Waals surface area contributed by atoms with Crippen molar-refractivity contribution >= 4 is 21.8 Å². The van der Waals surface area contributed by atoms with Crippen LogP contribution >= 0.6 is 15.9 Å². The van der Waals surface area contributed by atoms with Crippen molar-refractivity contribution in [3.05, 3.63) is 22.9 Å². The molecule has 0 aliphatic rings. The second kappa shape index (κ2) is 4.95. The highest BCUT2D eigenvalue weighted by Gasteiger charge is 2.04. The minimum atomic E-state index is -0.0787. The molecule has 0 bridgehead atoms. The van der Waals surface area contributed by atoms with Crippen LogP contribution in [-0.4, -0.2) is 36.5 Å². The third kappa shape index (κ3) is 3.33. The molecule has 0 atom stereocenters. The second-order valence-electron chi connectivity index (χ2n) is 2.92. The SMILES string of the molecule is CN(C)C(=O)COc1cncc(Br)c1. The Morgan fingerprint density at radius 1 is 1.57 bits per heavy atom. The van der Waals surface area contributed by atoms with Gasteiger partial charge in [-0.3, -0.25) is 9.78 Å². The molecule has 0 radical (unpaired) electrons. The molecule has 0 saturated heterocycles. The number of amides is 1. The van der Waals surface area contributed by atoms with Crippen molar-refractivity contribution in [2.75, 3.05) is 20.7 Å². The van der Waals surface area contributed by atoms with E-state index in [1.54, 1.807) is 32.6 Å². The maximum Gasteiger partial charge on any atom is 0.259 e. The highest BCUT2D eigenvalue weighted by Crippen LogP contribution is 2.15. The van der Waals surface area contributed by atoms with E-state index in [1.807, 2.05) is 0 Å². The van der Waals surface area contributed by atoms with E-state index in [9.17, 15) is 4.79 Å². The van der Waals surface area contributed by atoms with Gasteiger partial charge in [-0.05, 0) is 22.0 Å². The monoisotopic (exact) mass is 258 g/mol. The molecule has 0 aliphatic carbocycles. The molecule has 0 saturated carbocycles. The summed E-state index contributed by atoms with van der Waals surface area (Å²) in [6.07, 6.45) is 3.22. The Bertz CT molecular complexity index is 328. The first-order valence-corrected chi connectivity index (χ1v) is 4.82. The fourth-order valence-corrected chi connectivity index (χ4v) is 1.09. The predicted molar refractivity (Wildman–Crippen MR) is 56.1 cm³/mol. The van der Waals surface area contributed by atoms with E-state index in [0.717, 1.165) is 4.47 Å². The number of aromatic nitrogens is 1. The second-order valence-corrected chi connectivity index (χ2v) is 3.83. The van der Waals surface area contributed by atoms with Crippen molar-refractivity contribution in [2.24, 2.45) is 0 Å². The first-order valence-electron chi connectivity index (χ1n) is 4.03. The average molecular weight is 259 g/mol. The number of pyridine rings is 1. The van der Waals surface area contributed by atoms with E-state index in [0.29, 0.717) is 5.75 Å². The minimum Gasteiger partial charge on any atom is -0.482 e. The summed E-state index contributed by atoms with van der Waals surface area (Å²) in [4.78, 5) is 16.6. The zero-order chi connectivity index (χ0) is 10.6. The number of hydrogen-bond donors (Lipinski definition) is 0. The molecule has 0 unspecified atom stereocenters. The van der Waals surface area contributed by atoms with Gasteiger partial charge in [0.2, 0.25) is 0 Å². The predicted octanol–water partition coefficient (Wildman–Crippen LogP) is 1.31. The molecule has 1 aromatic rings. The van der Waals surface area contributed by atoms with Crippen molar-refractivity contribution in [1.29, 1.82) is 0 Å².